The van der Waals surface area contributed by atoms with E-state index in [0.29, 0.717) is 22.0 Å². The van der Waals surface area contributed by atoms with Crippen molar-refractivity contribution in [1.29, 1.82) is 5.26 Å². The number of nitriles is 1. The lowest BCUT2D eigenvalue weighted by Gasteiger charge is -2.29. The minimum atomic E-state index is -0.129. The SMILES string of the molecule is N#Cc1ccc(OC2CCC(NC(=O)c3ccn[nH]3)CC2)cc1Cl. The number of ether oxygens (including phenoxy) is 1. The maximum Gasteiger partial charge on any atom is 0.269 e. The van der Waals surface area contributed by atoms with Crippen molar-refractivity contribution in [3.63, 3.8) is 0 Å². The molecule has 0 bridgehead atoms. The highest BCUT2D eigenvalue weighted by atomic mass is 35.5. The molecule has 0 atom stereocenters. The average molecular weight is 345 g/mol. The van der Waals surface area contributed by atoms with E-state index in [2.05, 4.69) is 15.5 Å². The van der Waals surface area contributed by atoms with Gasteiger partial charge < -0.3 is 10.1 Å². The minimum absolute atomic E-state index is 0.0920. The van der Waals surface area contributed by atoms with Gasteiger partial charge in [-0.25, -0.2) is 0 Å². The van der Waals surface area contributed by atoms with E-state index < -0.39 is 0 Å². The van der Waals surface area contributed by atoms with Gasteiger partial charge in [0.05, 0.1) is 16.7 Å². The molecule has 0 radical (unpaired) electrons. The molecule has 1 saturated carbocycles. The maximum atomic E-state index is 12.0. The Morgan fingerprint density at radius 1 is 1.33 bits per heavy atom. The summed E-state index contributed by atoms with van der Waals surface area (Å²) >= 11 is 6.02. The van der Waals surface area contributed by atoms with Crippen molar-refractivity contribution in [3.05, 3.63) is 46.7 Å². The second-order valence-corrected chi connectivity index (χ2v) is 6.20. The van der Waals surface area contributed by atoms with Gasteiger partial charge in [-0.1, -0.05) is 11.6 Å². The molecule has 7 heteroatoms. The summed E-state index contributed by atoms with van der Waals surface area (Å²) in [6, 6.07) is 8.92. The Morgan fingerprint density at radius 2 is 2.12 bits per heavy atom. The topological polar surface area (TPSA) is 90.8 Å². The van der Waals surface area contributed by atoms with Gasteiger partial charge >= 0.3 is 0 Å². The number of rotatable bonds is 4. The number of aromatic nitrogens is 2. The van der Waals surface area contributed by atoms with Gasteiger partial charge in [-0.2, -0.15) is 10.4 Å². The first kappa shape index (κ1) is 16.3. The minimum Gasteiger partial charge on any atom is -0.490 e. The number of carbonyl (C=O) groups is 1. The molecule has 3 rings (SSSR count). The Morgan fingerprint density at radius 3 is 2.75 bits per heavy atom. The summed E-state index contributed by atoms with van der Waals surface area (Å²) in [6.45, 7) is 0. The van der Waals surface area contributed by atoms with Gasteiger partial charge in [0, 0.05) is 18.3 Å². The highest BCUT2D eigenvalue weighted by molar-refractivity contribution is 6.31. The molecule has 0 spiro atoms. The molecule has 1 aromatic carbocycles. The van der Waals surface area contributed by atoms with Crippen LogP contribution in [0.2, 0.25) is 5.02 Å². The molecule has 6 nitrogen and oxygen atoms in total. The summed E-state index contributed by atoms with van der Waals surface area (Å²) < 4.78 is 5.94. The molecule has 1 fully saturated rings. The third-order valence-electron chi connectivity index (χ3n) is 4.12. The number of hydrogen-bond donors (Lipinski definition) is 2. The van der Waals surface area contributed by atoms with E-state index >= 15 is 0 Å². The number of nitrogens with one attached hydrogen (secondary N) is 2. The highest BCUT2D eigenvalue weighted by Crippen LogP contribution is 2.27. The molecule has 0 unspecified atom stereocenters. The molecule has 1 heterocycles. The third-order valence-corrected chi connectivity index (χ3v) is 4.43. The molecule has 2 aromatic rings. The molecular formula is C17H17ClN4O2. The van der Waals surface area contributed by atoms with Gasteiger partial charge in [0.2, 0.25) is 0 Å². The summed E-state index contributed by atoms with van der Waals surface area (Å²) in [6.07, 6.45) is 5.07. The molecule has 0 aliphatic heterocycles. The molecular weight excluding hydrogens is 328 g/mol. The third kappa shape index (κ3) is 3.87. The first-order valence-electron chi connectivity index (χ1n) is 7.82. The van der Waals surface area contributed by atoms with E-state index in [9.17, 15) is 4.79 Å². The Kier molecular flexibility index (Phi) is 5.02. The van der Waals surface area contributed by atoms with Gasteiger partial charge in [-0.15, -0.1) is 0 Å². The number of carbonyl (C=O) groups excluding carboxylic acids is 1. The Hall–Kier alpha value is -2.52. The van der Waals surface area contributed by atoms with Crippen LogP contribution in [0.15, 0.2) is 30.5 Å². The summed E-state index contributed by atoms with van der Waals surface area (Å²) in [5.74, 6) is 0.541. The van der Waals surface area contributed by atoms with Crippen LogP contribution in [0.5, 0.6) is 5.75 Å². The van der Waals surface area contributed by atoms with Crippen molar-refractivity contribution in [2.24, 2.45) is 0 Å². The van der Waals surface area contributed by atoms with E-state index in [1.165, 1.54) is 0 Å². The van der Waals surface area contributed by atoms with Gasteiger partial charge in [-0.05, 0) is 43.9 Å². The van der Waals surface area contributed by atoms with Crippen LogP contribution in [-0.4, -0.2) is 28.3 Å². The number of H-pyrrole nitrogens is 1. The zero-order valence-corrected chi connectivity index (χ0v) is 13.7. The number of aromatic amines is 1. The average Bonchev–Trinajstić information content (AvgIpc) is 3.11. The van der Waals surface area contributed by atoms with E-state index in [4.69, 9.17) is 21.6 Å². The van der Waals surface area contributed by atoms with Gasteiger partial charge in [0.25, 0.3) is 5.91 Å². The maximum absolute atomic E-state index is 12.0. The standard InChI is InChI=1S/C17H17ClN4O2/c18-15-9-14(4-1-11(15)10-19)24-13-5-2-12(3-6-13)21-17(23)16-7-8-20-22-16/h1,4,7-9,12-13H,2-3,5-6H2,(H,20,22)(H,21,23). The van der Waals surface area contributed by atoms with E-state index in [1.807, 2.05) is 6.07 Å². The van der Waals surface area contributed by atoms with Crippen LogP contribution in [0.3, 0.4) is 0 Å². The van der Waals surface area contributed by atoms with Crippen molar-refractivity contribution >= 4 is 17.5 Å². The number of hydrogen-bond acceptors (Lipinski definition) is 4. The zero-order chi connectivity index (χ0) is 16.9. The Bertz CT molecular complexity index is 746. The highest BCUT2D eigenvalue weighted by Gasteiger charge is 2.24. The van der Waals surface area contributed by atoms with E-state index in [1.54, 1.807) is 30.5 Å². The van der Waals surface area contributed by atoms with Crippen molar-refractivity contribution in [3.8, 4) is 11.8 Å². The van der Waals surface area contributed by atoms with Crippen molar-refractivity contribution in [1.82, 2.24) is 15.5 Å². The lowest BCUT2D eigenvalue weighted by Crippen LogP contribution is -2.39. The Labute approximate surface area is 144 Å². The van der Waals surface area contributed by atoms with Gasteiger partial charge in [0.15, 0.2) is 0 Å². The molecule has 1 amide bonds. The smallest absolute Gasteiger partial charge is 0.269 e. The molecule has 124 valence electrons. The summed E-state index contributed by atoms with van der Waals surface area (Å²) in [5, 5.41) is 18.7. The van der Waals surface area contributed by atoms with E-state index in [0.717, 1.165) is 25.7 Å². The predicted octanol–water partition coefficient (Wildman–Crippen LogP) is 3.05. The van der Waals surface area contributed by atoms with E-state index in [-0.39, 0.29) is 18.1 Å². The normalized spacial score (nSPS) is 20.2. The monoisotopic (exact) mass is 344 g/mol. The van der Waals surface area contributed by atoms with Gasteiger partial charge in [0.1, 0.15) is 17.5 Å². The molecule has 1 aromatic heterocycles. The van der Waals surface area contributed by atoms with Crippen LogP contribution in [0.25, 0.3) is 0 Å². The zero-order valence-electron chi connectivity index (χ0n) is 13.0. The van der Waals surface area contributed by atoms with Crippen molar-refractivity contribution in [2.75, 3.05) is 0 Å². The van der Waals surface area contributed by atoms with Crippen LogP contribution < -0.4 is 10.1 Å². The number of benzene rings is 1. The van der Waals surface area contributed by atoms with Crippen LogP contribution in [0.1, 0.15) is 41.7 Å². The summed E-state index contributed by atoms with van der Waals surface area (Å²) in [4.78, 5) is 12.0. The van der Waals surface area contributed by atoms with Crippen LogP contribution >= 0.6 is 11.6 Å². The Balaban J connectivity index is 1.49. The second kappa shape index (κ2) is 7.37. The largest absolute Gasteiger partial charge is 0.490 e. The first-order valence-corrected chi connectivity index (χ1v) is 8.20. The molecule has 2 N–H and O–H groups in total. The second-order valence-electron chi connectivity index (χ2n) is 5.79. The number of nitrogens with zero attached hydrogens (tertiary/aromatic N) is 2. The molecule has 24 heavy (non-hydrogen) atoms. The molecule has 1 aliphatic carbocycles. The fourth-order valence-electron chi connectivity index (χ4n) is 2.82. The summed E-state index contributed by atoms with van der Waals surface area (Å²) in [5.41, 5.74) is 0.912. The lowest BCUT2D eigenvalue weighted by atomic mass is 9.93. The van der Waals surface area contributed by atoms with Gasteiger partial charge in [-0.3, -0.25) is 9.89 Å². The lowest BCUT2D eigenvalue weighted by molar-refractivity contribution is 0.0889. The quantitative estimate of drug-likeness (QED) is 0.891. The molecule has 0 saturated heterocycles. The summed E-state index contributed by atoms with van der Waals surface area (Å²) in [7, 11) is 0. The predicted molar refractivity (Wildman–Crippen MR) is 88.9 cm³/mol. The van der Waals surface area contributed by atoms with Crippen LogP contribution in [-0.2, 0) is 0 Å². The number of amides is 1. The van der Waals surface area contributed by atoms with Crippen molar-refractivity contribution < 1.29 is 9.53 Å². The fraction of sp³-hybridized carbons (Fsp3) is 0.353. The van der Waals surface area contributed by atoms with Crippen molar-refractivity contribution in [2.45, 2.75) is 37.8 Å². The fourth-order valence-corrected chi connectivity index (χ4v) is 3.04. The number of halogens is 1. The van der Waals surface area contributed by atoms with Crippen LogP contribution in [0.4, 0.5) is 0 Å². The first-order chi connectivity index (χ1) is 11.7. The van der Waals surface area contributed by atoms with Crippen LogP contribution in [0, 0.1) is 11.3 Å². The molecule has 1 aliphatic rings.